The molecule has 76 valence electrons. The third-order valence-electron chi connectivity index (χ3n) is 2.78. The first-order valence-corrected chi connectivity index (χ1v) is 4.69. The van der Waals surface area contributed by atoms with Gasteiger partial charge < -0.3 is 9.52 Å². The average Bonchev–Trinajstić information content (AvgIpc) is 2.47. The summed E-state index contributed by atoms with van der Waals surface area (Å²) in [6.45, 7) is 1.99. The Labute approximate surface area is 81.3 Å². The number of allylic oxidation sites excluding steroid dienone is 2. The topological polar surface area (TPSA) is 66.2 Å². The first-order chi connectivity index (χ1) is 6.62. The summed E-state index contributed by atoms with van der Waals surface area (Å²) in [6, 6.07) is 0. The van der Waals surface area contributed by atoms with Crippen molar-refractivity contribution in [3.63, 3.8) is 0 Å². The molecule has 1 aromatic rings. The predicted molar refractivity (Wildman–Crippen MR) is 51.3 cm³/mol. The van der Waals surface area contributed by atoms with Gasteiger partial charge >= 0.3 is 5.76 Å². The molecule has 0 radical (unpaired) electrons. The average molecular weight is 195 g/mol. The Balaban J connectivity index is 2.42. The van der Waals surface area contributed by atoms with Gasteiger partial charge in [-0.25, -0.2) is 4.79 Å². The minimum atomic E-state index is -0.590. The van der Waals surface area contributed by atoms with E-state index in [0.717, 1.165) is 19.3 Å². The molecule has 0 amide bonds. The van der Waals surface area contributed by atoms with Crippen molar-refractivity contribution in [3.8, 4) is 5.88 Å². The zero-order valence-corrected chi connectivity index (χ0v) is 8.04. The van der Waals surface area contributed by atoms with Gasteiger partial charge in [0.2, 0.25) is 5.88 Å². The lowest BCUT2D eigenvalue weighted by Gasteiger charge is -2.27. The van der Waals surface area contributed by atoms with Crippen LogP contribution in [0.3, 0.4) is 0 Å². The van der Waals surface area contributed by atoms with E-state index < -0.39 is 5.76 Å². The number of H-pyrrole nitrogens is 1. The van der Waals surface area contributed by atoms with Gasteiger partial charge in [0.05, 0.1) is 0 Å². The van der Waals surface area contributed by atoms with Gasteiger partial charge in [0, 0.05) is 5.41 Å². The summed E-state index contributed by atoms with van der Waals surface area (Å²) in [5.41, 5.74) is -0.252. The number of aromatic hydroxyl groups is 1. The van der Waals surface area contributed by atoms with Crippen LogP contribution in [-0.2, 0) is 5.41 Å². The summed E-state index contributed by atoms with van der Waals surface area (Å²) in [5, 5.41) is 9.48. The Morgan fingerprint density at radius 1 is 1.57 bits per heavy atom. The molecule has 1 aliphatic rings. The molecule has 1 heterocycles. The zero-order valence-electron chi connectivity index (χ0n) is 8.04. The fourth-order valence-corrected chi connectivity index (χ4v) is 1.90. The van der Waals surface area contributed by atoms with Gasteiger partial charge in [-0.2, -0.15) is 0 Å². The summed E-state index contributed by atoms with van der Waals surface area (Å²) in [6.07, 6.45) is 6.78. The third kappa shape index (κ3) is 1.36. The summed E-state index contributed by atoms with van der Waals surface area (Å²) in [5.74, 6) is -0.340. The van der Waals surface area contributed by atoms with Crippen LogP contribution in [0.4, 0.5) is 0 Å². The molecule has 0 bridgehead atoms. The number of rotatable bonds is 1. The smallest absolute Gasteiger partial charge is 0.419 e. The molecule has 0 saturated heterocycles. The van der Waals surface area contributed by atoms with Gasteiger partial charge in [-0.05, 0) is 19.3 Å². The molecule has 1 aliphatic carbocycles. The SMILES string of the molecule is CC1(c2oc(=O)[nH]c2O)CC=CCC1. The van der Waals surface area contributed by atoms with Crippen LogP contribution in [0, 0.1) is 0 Å². The molecule has 2 rings (SSSR count). The molecular weight excluding hydrogens is 182 g/mol. The Kier molecular flexibility index (Phi) is 1.98. The van der Waals surface area contributed by atoms with Crippen molar-refractivity contribution in [2.24, 2.45) is 0 Å². The second-order valence-corrected chi connectivity index (χ2v) is 3.97. The summed E-state index contributed by atoms with van der Waals surface area (Å²) >= 11 is 0. The van der Waals surface area contributed by atoms with Crippen LogP contribution < -0.4 is 5.76 Å². The quantitative estimate of drug-likeness (QED) is 0.670. The lowest BCUT2D eigenvalue weighted by molar-refractivity contribution is 0.305. The molecule has 0 fully saturated rings. The van der Waals surface area contributed by atoms with E-state index in [0.29, 0.717) is 5.76 Å². The highest BCUT2D eigenvalue weighted by Crippen LogP contribution is 2.38. The van der Waals surface area contributed by atoms with Gasteiger partial charge in [-0.3, -0.25) is 4.98 Å². The second-order valence-electron chi connectivity index (χ2n) is 3.97. The molecule has 14 heavy (non-hydrogen) atoms. The van der Waals surface area contributed by atoms with E-state index in [2.05, 4.69) is 17.1 Å². The Morgan fingerprint density at radius 2 is 2.36 bits per heavy atom. The first kappa shape index (κ1) is 9.12. The second kappa shape index (κ2) is 3.04. The van der Waals surface area contributed by atoms with Gasteiger partial charge in [-0.1, -0.05) is 19.1 Å². The highest BCUT2D eigenvalue weighted by molar-refractivity contribution is 5.25. The van der Waals surface area contributed by atoms with Crippen molar-refractivity contribution in [3.05, 3.63) is 28.5 Å². The van der Waals surface area contributed by atoms with Crippen molar-refractivity contribution in [2.45, 2.75) is 31.6 Å². The van der Waals surface area contributed by atoms with E-state index in [1.54, 1.807) is 0 Å². The third-order valence-corrected chi connectivity index (χ3v) is 2.78. The van der Waals surface area contributed by atoms with Crippen LogP contribution in [0.5, 0.6) is 5.88 Å². The van der Waals surface area contributed by atoms with E-state index in [9.17, 15) is 9.90 Å². The Bertz CT molecular complexity index is 415. The molecule has 0 aliphatic heterocycles. The fraction of sp³-hybridized carbons (Fsp3) is 0.500. The number of nitrogens with one attached hydrogen (secondary N) is 1. The van der Waals surface area contributed by atoms with E-state index >= 15 is 0 Å². The summed E-state index contributed by atoms with van der Waals surface area (Å²) in [7, 11) is 0. The molecule has 4 heteroatoms. The monoisotopic (exact) mass is 195 g/mol. The van der Waals surface area contributed by atoms with E-state index in [1.165, 1.54) is 0 Å². The molecule has 0 aromatic carbocycles. The molecule has 0 spiro atoms. The van der Waals surface area contributed by atoms with Crippen molar-refractivity contribution >= 4 is 0 Å². The predicted octanol–water partition coefficient (Wildman–Crippen LogP) is 1.67. The van der Waals surface area contributed by atoms with Gasteiger partial charge in [0.25, 0.3) is 0 Å². The number of aromatic amines is 1. The number of oxazole rings is 1. The largest absolute Gasteiger partial charge is 0.492 e. The van der Waals surface area contributed by atoms with Crippen LogP contribution in [-0.4, -0.2) is 10.1 Å². The summed E-state index contributed by atoms with van der Waals surface area (Å²) < 4.78 is 4.96. The highest BCUT2D eigenvalue weighted by Gasteiger charge is 2.33. The van der Waals surface area contributed by atoms with Gasteiger partial charge in [-0.15, -0.1) is 0 Å². The highest BCUT2D eigenvalue weighted by atomic mass is 16.4. The number of hydrogen-bond donors (Lipinski definition) is 2. The Hall–Kier alpha value is -1.45. The lowest BCUT2D eigenvalue weighted by Crippen LogP contribution is -2.22. The minimum absolute atomic E-state index is 0.132. The van der Waals surface area contributed by atoms with Gasteiger partial charge in [0.15, 0.2) is 5.76 Å². The van der Waals surface area contributed by atoms with Crippen molar-refractivity contribution in [1.29, 1.82) is 0 Å². The van der Waals surface area contributed by atoms with E-state index in [4.69, 9.17) is 4.42 Å². The maximum Gasteiger partial charge on any atom is 0.419 e. The van der Waals surface area contributed by atoms with Crippen molar-refractivity contribution < 1.29 is 9.52 Å². The van der Waals surface area contributed by atoms with Crippen molar-refractivity contribution in [1.82, 2.24) is 4.98 Å². The molecule has 0 saturated carbocycles. The minimum Gasteiger partial charge on any atom is -0.492 e. The summed E-state index contributed by atoms with van der Waals surface area (Å²) in [4.78, 5) is 13.1. The van der Waals surface area contributed by atoms with Crippen LogP contribution in [0.25, 0.3) is 0 Å². The van der Waals surface area contributed by atoms with E-state index in [-0.39, 0.29) is 11.3 Å². The van der Waals surface area contributed by atoms with E-state index in [1.807, 2.05) is 6.92 Å². The molecule has 2 N–H and O–H groups in total. The molecular formula is C10H13NO3. The number of aromatic nitrogens is 1. The zero-order chi connectivity index (χ0) is 10.2. The van der Waals surface area contributed by atoms with Crippen LogP contribution in [0.15, 0.2) is 21.4 Å². The normalized spacial score (nSPS) is 26.6. The maximum atomic E-state index is 10.9. The molecule has 1 atom stereocenters. The molecule has 1 aromatic heterocycles. The first-order valence-electron chi connectivity index (χ1n) is 4.69. The Morgan fingerprint density at radius 3 is 2.86 bits per heavy atom. The molecule has 4 nitrogen and oxygen atoms in total. The van der Waals surface area contributed by atoms with Gasteiger partial charge in [0.1, 0.15) is 0 Å². The van der Waals surface area contributed by atoms with Crippen LogP contribution in [0.2, 0.25) is 0 Å². The lowest BCUT2D eigenvalue weighted by atomic mass is 9.77. The van der Waals surface area contributed by atoms with Crippen molar-refractivity contribution in [2.75, 3.05) is 0 Å². The van der Waals surface area contributed by atoms with Crippen LogP contribution >= 0.6 is 0 Å². The van der Waals surface area contributed by atoms with Crippen LogP contribution in [0.1, 0.15) is 31.9 Å². The number of hydrogen-bond acceptors (Lipinski definition) is 3. The molecule has 1 unspecified atom stereocenters. The fourth-order valence-electron chi connectivity index (χ4n) is 1.90. The standard InChI is InChI=1S/C10H13NO3/c1-10(5-3-2-4-6-10)7-8(12)11-9(13)14-7/h2-3,12H,4-6H2,1H3,(H,11,13). The maximum absolute atomic E-state index is 10.9.